The summed E-state index contributed by atoms with van der Waals surface area (Å²) in [5, 5.41) is 6.73. The molecule has 1 saturated carbocycles. The molecule has 2 fully saturated rings. The Hall–Kier alpha value is -2.03. The van der Waals surface area contributed by atoms with E-state index in [0.717, 1.165) is 25.7 Å². The largest absolute Gasteiger partial charge is 0.450 e. The van der Waals surface area contributed by atoms with Crippen molar-refractivity contribution in [3.8, 4) is 0 Å². The molecule has 9 heteroatoms. The van der Waals surface area contributed by atoms with Crippen molar-refractivity contribution in [2.75, 3.05) is 53.5 Å². The monoisotopic (exact) mass is 439 g/mol. The lowest BCUT2D eigenvalue weighted by Crippen LogP contribution is -2.50. The molecule has 2 N–H and O–H groups in total. The zero-order chi connectivity index (χ0) is 22.5. The Balaban J connectivity index is 1.80. The van der Waals surface area contributed by atoms with Gasteiger partial charge < -0.3 is 29.9 Å². The maximum atomic E-state index is 12.0. The van der Waals surface area contributed by atoms with Crippen LogP contribution in [0.4, 0.5) is 4.79 Å². The lowest BCUT2D eigenvalue weighted by Gasteiger charge is -2.32. The third kappa shape index (κ3) is 9.76. The van der Waals surface area contributed by atoms with Gasteiger partial charge in [0.25, 0.3) is 0 Å². The van der Waals surface area contributed by atoms with Gasteiger partial charge in [0.2, 0.25) is 5.91 Å². The molecule has 0 aromatic heterocycles. The first-order chi connectivity index (χ1) is 15.0. The average Bonchev–Trinajstić information content (AvgIpc) is 3.04. The van der Waals surface area contributed by atoms with Gasteiger partial charge in [0.15, 0.2) is 5.96 Å². The number of piperidine rings is 1. The Bertz CT molecular complexity index is 568. The van der Waals surface area contributed by atoms with E-state index < -0.39 is 0 Å². The van der Waals surface area contributed by atoms with Gasteiger partial charge in [-0.25, -0.2) is 9.79 Å². The Labute approximate surface area is 186 Å². The molecule has 9 nitrogen and oxygen atoms in total. The summed E-state index contributed by atoms with van der Waals surface area (Å²) in [5.74, 6) is 0.571. The Morgan fingerprint density at radius 1 is 1.06 bits per heavy atom. The highest BCUT2D eigenvalue weighted by molar-refractivity contribution is 5.85. The van der Waals surface area contributed by atoms with Gasteiger partial charge in [0.1, 0.15) is 6.54 Å². The van der Waals surface area contributed by atoms with Crippen LogP contribution >= 0.6 is 0 Å². The van der Waals surface area contributed by atoms with Crippen LogP contribution in [0.5, 0.6) is 0 Å². The van der Waals surface area contributed by atoms with Crippen molar-refractivity contribution in [3.63, 3.8) is 0 Å². The normalized spacial score (nSPS) is 18.9. The van der Waals surface area contributed by atoms with Crippen LogP contribution in [0.15, 0.2) is 4.99 Å². The molecule has 0 unspecified atom stereocenters. The molecular weight excluding hydrogens is 398 g/mol. The predicted molar refractivity (Wildman–Crippen MR) is 121 cm³/mol. The highest BCUT2D eigenvalue weighted by Gasteiger charge is 2.24. The molecule has 0 aromatic rings. The van der Waals surface area contributed by atoms with Gasteiger partial charge in [-0.15, -0.1) is 0 Å². The van der Waals surface area contributed by atoms with Crippen molar-refractivity contribution >= 4 is 18.0 Å². The van der Waals surface area contributed by atoms with Gasteiger partial charge in [0.05, 0.1) is 19.3 Å². The van der Waals surface area contributed by atoms with Gasteiger partial charge in [-0.1, -0.05) is 25.7 Å². The second kappa shape index (κ2) is 14.1. The van der Waals surface area contributed by atoms with Gasteiger partial charge in [0, 0.05) is 39.8 Å². The zero-order valence-corrected chi connectivity index (χ0v) is 19.5. The van der Waals surface area contributed by atoms with Crippen LogP contribution in [0.25, 0.3) is 0 Å². The molecule has 1 saturated heterocycles. The maximum Gasteiger partial charge on any atom is 0.409 e. The molecule has 178 valence electrons. The summed E-state index contributed by atoms with van der Waals surface area (Å²) in [6.45, 7) is 4.84. The molecule has 2 aliphatic rings. The standard InChI is InChI=1S/C22H41N5O4/c1-4-30-22(29)27-14-11-18(12-15-27)25-21(24-17-20(28)26(2)3)23-13-16-31-19-9-7-5-6-8-10-19/h18-19H,4-17H2,1-3H3,(H2,23,24,25). The highest BCUT2D eigenvalue weighted by atomic mass is 16.6. The van der Waals surface area contributed by atoms with E-state index in [1.807, 2.05) is 6.92 Å². The van der Waals surface area contributed by atoms with Crippen LogP contribution in [0.2, 0.25) is 0 Å². The van der Waals surface area contributed by atoms with Crippen molar-refractivity contribution in [3.05, 3.63) is 0 Å². The van der Waals surface area contributed by atoms with E-state index in [4.69, 9.17) is 9.47 Å². The van der Waals surface area contributed by atoms with E-state index >= 15 is 0 Å². The number of amides is 2. The van der Waals surface area contributed by atoms with Crippen molar-refractivity contribution in [2.45, 2.75) is 70.4 Å². The van der Waals surface area contributed by atoms with Gasteiger partial charge in [-0.05, 0) is 32.6 Å². The van der Waals surface area contributed by atoms with E-state index in [1.165, 1.54) is 30.6 Å². The minimum Gasteiger partial charge on any atom is -0.450 e. The quantitative estimate of drug-likeness (QED) is 0.260. The number of likely N-dealkylation sites (N-methyl/N-ethyl adjacent to an activating group) is 1. The Morgan fingerprint density at radius 2 is 1.74 bits per heavy atom. The number of rotatable bonds is 8. The molecule has 1 aliphatic carbocycles. The number of aliphatic imine (C=N–C) groups is 1. The molecule has 0 bridgehead atoms. The molecular formula is C22H41N5O4. The smallest absolute Gasteiger partial charge is 0.409 e. The fraction of sp³-hybridized carbons (Fsp3) is 0.864. The van der Waals surface area contributed by atoms with E-state index in [-0.39, 0.29) is 24.6 Å². The molecule has 0 aromatic carbocycles. The van der Waals surface area contributed by atoms with Crippen LogP contribution in [0.1, 0.15) is 58.3 Å². The number of carbonyl (C=O) groups excluding carboxylic acids is 2. The van der Waals surface area contributed by atoms with Crippen molar-refractivity contribution in [1.82, 2.24) is 20.4 Å². The van der Waals surface area contributed by atoms with Crippen LogP contribution in [-0.2, 0) is 14.3 Å². The van der Waals surface area contributed by atoms with Crippen LogP contribution in [-0.4, -0.2) is 93.4 Å². The first kappa shape index (κ1) is 25.2. The number of hydrogen-bond donors (Lipinski definition) is 2. The first-order valence-electron chi connectivity index (χ1n) is 11.8. The number of guanidine groups is 1. The third-order valence-corrected chi connectivity index (χ3v) is 5.78. The first-order valence-corrected chi connectivity index (χ1v) is 11.8. The number of carbonyl (C=O) groups is 2. The number of likely N-dealkylation sites (tertiary alicyclic amines) is 1. The van der Waals surface area contributed by atoms with Crippen molar-refractivity contribution in [2.24, 2.45) is 4.99 Å². The van der Waals surface area contributed by atoms with E-state index in [2.05, 4.69) is 15.6 Å². The van der Waals surface area contributed by atoms with E-state index in [1.54, 1.807) is 19.0 Å². The summed E-state index contributed by atoms with van der Waals surface area (Å²) in [6, 6.07) is 0.189. The summed E-state index contributed by atoms with van der Waals surface area (Å²) in [4.78, 5) is 31.6. The topological polar surface area (TPSA) is 95.5 Å². The predicted octanol–water partition coefficient (Wildman–Crippen LogP) is 1.97. The summed E-state index contributed by atoms with van der Waals surface area (Å²) in [7, 11) is 3.45. The third-order valence-electron chi connectivity index (χ3n) is 5.78. The Kier molecular flexibility index (Phi) is 11.5. The minimum atomic E-state index is -0.250. The summed E-state index contributed by atoms with van der Waals surface area (Å²) in [5.41, 5.74) is 0. The van der Waals surface area contributed by atoms with Gasteiger partial charge in [-0.3, -0.25) is 4.79 Å². The van der Waals surface area contributed by atoms with Gasteiger partial charge >= 0.3 is 6.09 Å². The van der Waals surface area contributed by atoms with Crippen LogP contribution < -0.4 is 10.6 Å². The highest BCUT2D eigenvalue weighted by Crippen LogP contribution is 2.19. The van der Waals surface area contributed by atoms with Crippen LogP contribution in [0.3, 0.4) is 0 Å². The maximum absolute atomic E-state index is 12.0. The number of nitrogens with one attached hydrogen (secondary N) is 2. The summed E-state index contributed by atoms with van der Waals surface area (Å²) in [6.07, 6.45) is 9.15. The minimum absolute atomic E-state index is 0.0482. The number of ether oxygens (including phenoxy) is 2. The summed E-state index contributed by atoms with van der Waals surface area (Å²) < 4.78 is 11.1. The van der Waals surface area contributed by atoms with Crippen molar-refractivity contribution < 1.29 is 19.1 Å². The number of nitrogens with zero attached hydrogens (tertiary/aromatic N) is 3. The number of hydrogen-bond acceptors (Lipinski definition) is 5. The molecule has 2 rings (SSSR count). The second-order valence-electron chi connectivity index (χ2n) is 8.47. The fourth-order valence-electron chi connectivity index (χ4n) is 3.86. The fourth-order valence-corrected chi connectivity index (χ4v) is 3.86. The Morgan fingerprint density at radius 3 is 2.35 bits per heavy atom. The molecule has 0 spiro atoms. The zero-order valence-electron chi connectivity index (χ0n) is 19.5. The lowest BCUT2D eigenvalue weighted by atomic mass is 10.1. The summed E-state index contributed by atoms with van der Waals surface area (Å²) >= 11 is 0. The lowest BCUT2D eigenvalue weighted by molar-refractivity contribution is -0.127. The molecule has 1 aliphatic heterocycles. The average molecular weight is 440 g/mol. The second-order valence-corrected chi connectivity index (χ2v) is 8.47. The van der Waals surface area contributed by atoms with Gasteiger partial charge in [-0.2, -0.15) is 0 Å². The molecule has 0 atom stereocenters. The molecule has 2 amide bonds. The SMILES string of the molecule is CCOC(=O)N1CCC(NC(=NCC(=O)N(C)C)NCCOC2CCCCCC2)CC1. The van der Waals surface area contributed by atoms with E-state index in [0.29, 0.717) is 44.9 Å². The molecule has 0 radical (unpaired) electrons. The van der Waals surface area contributed by atoms with E-state index in [9.17, 15) is 9.59 Å². The molecule has 1 heterocycles. The van der Waals surface area contributed by atoms with Crippen LogP contribution in [0, 0.1) is 0 Å². The van der Waals surface area contributed by atoms with Crippen molar-refractivity contribution in [1.29, 1.82) is 0 Å². The molecule has 31 heavy (non-hydrogen) atoms.